The highest BCUT2D eigenvalue weighted by Gasteiger charge is 2.30. The number of carbonyl (C=O) groups excluding carboxylic acids is 4. The van der Waals surface area contributed by atoms with E-state index in [1.54, 1.807) is 0 Å². The summed E-state index contributed by atoms with van der Waals surface area (Å²) in [6.07, 6.45) is 42.1. The van der Waals surface area contributed by atoms with Crippen LogP contribution in [0.3, 0.4) is 0 Å². The lowest BCUT2D eigenvalue weighted by Crippen LogP contribution is -2.30. The molecule has 0 rings (SSSR count). The molecule has 0 saturated carbocycles. The molecule has 0 heterocycles. The minimum atomic E-state index is -4.94. The Morgan fingerprint density at radius 2 is 0.600 bits per heavy atom. The van der Waals surface area contributed by atoms with Crippen LogP contribution in [0, 0.1) is 11.8 Å². The van der Waals surface area contributed by atoms with E-state index in [2.05, 4.69) is 41.5 Å². The second kappa shape index (κ2) is 58.4. The van der Waals surface area contributed by atoms with Crippen molar-refractivity contribution in [1.82, 2.24) is 0 Å². The monoisotopic (exact) mass is 1250 g/mol. The Hall–Kier alpha value is -1.94. The van der Waals surface area contributed by atoms with Gasteiger partial charge in [-0.2, -0.15) is 0 Å². The number of rotatable bonds is 65. The normalized spacial score (nSPS) is 14.6. The van der Waals surface area contributed by atoms with E-state index < -0.39 is 97.5 Å². The van der Waals surface area contributed by atoms with Crippen molar-refractivity contribution in [2.45, 2.75) is 349 Å². The molecule has 6 atom stereocenters. The quantitative estimate of drug-likeness (QED) is 0.0222. The molecule has 17 nitrogen and oxygen atoms in total. The maximum atomic E-state index is 13.0. The minimum Gasteiger partial charge on any atom is -0.462 e. The molecule has 0 aliphatic rings. The molecule has 0 fully saturated rings. The summed E-state index contributed by atoms with van der Waals surface area (Å²) in [6, 6.07) is 0. The van der Waals surface area contributed by atoms with Gasteiger partial charge < -0.3 is 33.8 Å². The van der Waals surface area contributed by atoms with Crippen molar-refractivity contribution < 1.29 is 80.2 Å². The third-order valence-electron chi connectivity index (χ3n) is 15.6. The number of aliphatic hydroxyl groups is 1. The third-order valence-corrected chi connectivity index (χ3v) is 17.5. The average Bonchev–Trinajstić information content (AvgIpc) is 3.55. The first-order valence-electron chi connectivity index (χ1n) is 34.5. The SMILES string of the molecule is CCCCCCCCCCCCCC(=O)OC[C@H](COP(=O)(O)OC[C@@H](O)COP(=O)(O)OC[C@@H](COC(=O)CCCCCCC)OC(=O)CCCCCCCCC(C)CC)OC(=O)CCCCCCCCCCCCCCCCCCC(C)C. The van der Waals surface area contributed by atoms with Gasteiger partial charge in [0, 0.05) is 25.7 Å². The fraction of sp³-hybridized carbons (Fsp3) is 0.939. The van der Waals surface area contributed by atoms with Gasteiger partial charge >= 0.3 is 39.5 Å². The van der Waals surface area contributed by atoms with Gasteiger partial charge in [0.15, 0.2) is 12.2 Å². The highest BCUT2D eigenvalue weighted by atomic mass is 31.2. The van der Waals surface area contributed by atoms with Crippen LogP contribution in [0.2, 0.25) is 0 Å². The summed E-state index contributed by atoms with van der Waals surface area (Å²) in [4.78, 5) is 72.0. The lowest BCUT2D eigenvalue weighted by atomic mass is 10.00. The maximum absolute atomic E-state index is 13.0. The number of hydrogen-bond acceptors (Lipinski definition) is 15. The molecule has 85 heavy (non-hydrogen) atoms. The van der Waals surface area contributed by atoms with E-state index >= 15 is 0 Å². The number of hydrogen-bond donors (Lipinski definition) is 3. The van der Waals surface area contributed by atoms with E-state index in [0.29, 0.717) is 25.7 Å². The van der Waals surface area contributed by atoms with Gasteiger partial charge in [-0.05, 0) is 37.5 Å². The molecular weight excluding hydrogens is 1130 g/mol. The molecule has 0 aliphatic carbocycles. The number of phosphoric acid groups is 2. The Morgan fingerprint density at radius 1 is 0.341 bits per heavy atom. The molecule has 0 bridgehead atoms. The number of phosphoric ester groups is 2. The zero-order valence-electron chi connectivity index (χ0n) is 54.9. The van der Waals surface area contributed by atoms with Crippen molar-refractivity contribution in [3.05, 3.63) is 0 Å². The van der Waals surface area contributed by atoms with Gasteiger partial charge in [-0.3, -0.25) is 37.3 Å². The van der Waals surface area contributed by atoms with Crippen LogP contribution in [0.15, 0.2) is 0 Å². The van der Waals surface area contributed by atoms with Crippen LogP contribution in [0.1, 0.15) is 330 Å². The summed E-state index contributed by atoms with van der Waals surface area (Å²) in [5.74, 6) is -0.614. The molecule has 504 valence electrons. The van der Waals surface area contributed by atoms with Gasteiger partial charge in [-0.15, -0.1) is 0 Å². The van der Waals surface area contributed by atoms with Gasteiger partial charge in [0.1, 0.15) is 19.3 Å². The molecule has 0 aromatic heterocycles. The van der Waals surface area contributed by atoms with Crippen molar-refractivity contribution in [1.29, 1.82) is 0 Å². The Kier molecular flexibility index (Phi) is 57.1. The second-order valence-corrected chi connectivity index (χ2v) is 27.5. The largest absolute Gasteiger partial charge is 0.472 e. The number of ether oxygens (including phenoxy) is 4. The van der Waals surface area contributed by atoms with Crippen molar-refractivity contribution in [3.63, 3.8) is 0 Å². The fourth-order valence-corrected chi connectivity index (χ4v) is 11.4. The minimum absolute atomic E-state index is 0.102. The van der Waals surface area contributed by atoms with E-state index in [4.69, 9.17) is 37.0 Å². The zero-order chi connectivity index (χ0) is 62.9. The Morgan fingerprint density at radius 3 is 0.894 bits per heavy atom. The van der Waals surface area contributed by atoms with Gasteiger partial charge in [0.05, 0.1) is 26.4 Å². The van der Waals surface area contributed by atoms with E-state index in [-0.39, 0.29) is 25.7 Å². The second-order valence-electron chi connectivity index (χ2n) is 24.6. The number of unbranched alkanes of at least 4 members (excludes halogenated alkanes) is 34. The zero-order valence-corrected chi connectivity index (χ0v) is 56.7. The Balaban J connectivity index is 5.13. The topological polar surface area (TPSA) is 237 Å². The first kappa shape index (κ1) is 83.1. The molecule has 0 aliphatic heterocycles. The smallest absolute Gasteiger partial charge is 0.462 e. The van der Waals surface area contributed by atoms with E-state index in [9.17, 15) is 43.2 Å². The molecular formula is C66H128O17P2. The maximum Gasteiger partial charge on any atom is 0.472 e. The number of aliphatic hydroxyl groups excluding tert-OH is 1. The molecule has 0 aromatic carbocycles. The van der Waals surface area contributed by atoms with Crippen LogP contribution >= 0.6 is 15.6 Å². The van der Waals surface area contributed by atoms with Gasteiger partial charge in [-0.1, -0.05) is 279 Å². The lowest BCUT2D eigenvalue weighted by molar-refractivity contribution is -0.161. The summed E-state index contributed by atoms with van der Waals surface area (Å²) in [5.41, 5.74) is 0. The molecule has 0 amide bonds. The molecule has 0 saturated heterocycles. The van der Waals surface area contributed by atoms with Crippen molar-refractivity contribution in [2.75, 3.05) is 39.6 Å². The van der Waals surface area contributed by atoms with E-state index in [1.807, 2.05) is 0 Å². The van der Waals surface area contributed by atoms with E-state index in [0.717, 1.165) is 108 Å². The molecule has 0 radical (unpaired) electrons. The van der Waals surface area contributed by atoms with Crippen LogP contribution in [-0.4, -0.2) is 96.7 Å². The molecule has 0 spiro atoms. The molecule has 3 N–H and O–H groups in total. The first-order valence-corrected chi connectivity index (χ1v) is 37.5. The summed E-state index contributed by atoms with van der Waals surface area (Å²) in [5, 5.41) is 10.5. The van der Waals surface area contributed by atoms with Crippen molar-refractivity contribution >= 4 is 39.5 Å². The third kappa shape index (κ3) is 59.5. The van der Waals surface area contributed by atoms with Crippen LogP contribution in [-0.2, 0) is 65.4 Å². The highest BCUT2D eigenvalue weighted by molar-refractivity contribution is 7.47. The highest BCUT2D eigenvalue weighted by Crippen LogP contribution is 2.45. The van der Waals surface area contributed by atoms with Crippen LogP contribution in [0.4, 0.5) is 0 Å². The Bertz CT molecular complexity index is 1670. The lowest BCUT2D eigenvalue weighted by Gasteiger charge is -2.21. The van der Waals surface area contributed by atoms with Gasteiger partial charge in [-0.25, -0.2) is 9.13 Å². The number of carbonyl (C=O) groups is 4. The first-order chi connectivity index (χ1) is 40.9. The summed E-state index contributed by atoms with van der Waals surface area (Å²) >= 11 is 0. The summed E-state index contributed by atoms with van der Waals surface area (Å²) in [6.45, 7) is 9.40. The Labute approximate surface area is 517 Å². The molecule has 3 unspecified atom stereocenters. The molecule has 19 heteroatoms. The standard InChI is InChI=1S/C66H128O17P2/c1-7-10-12-14-15-16-23-27-30-37-43-49-64(69)77-55-62(82-65(70)50-44-38-31-28-25-22-20-18-17-19-21-24-26-29-35-40-46-58(4)5)57-81-85(74,75)79-53-60(67)52-78-84(72,73)80-56-61(54-76-63(68)48-42-34-13-11-8-2)83-66(71)51-45-39-33-32-36-41-47-59(6)9-3/h58-62,67H,7-57H2,1-6H3,(H,72,73)(H,74,75)/t59?,60-,61+,62+/m0/s1. The summed E-state index contributed by atoms with van der Waals surface area (Å²) in [7, 11) is -9.88. The number of esters is 4. The predicted octanol–water partition coefficient (Wildman–Crippen LogP) is 18.4. The van der Waals surface area contributed by atoms with E-state index in [1.165, 1.54) is 141 Å². The van der Waals surface area contributed by atoms with Crippen molar-refractivity contribution in [3.8, 4) is 0 Å². The van der Waals surface area contributed by atoms with Crippen molar-refractivity contribution in [2.24, 2.45) is 11.8 Å². The van der Waals surface area contributed by atoms with Crippen LogP contribution in [0.25, 0.3) is 0 Å². The molecule has 0 aromatic rings. The van der Waals surface area contributed by atoms with Gasteiger partial charge in [0.2, 0.25) is 0 Å². The van der Waals surface area contributed by atoms with Crippen LogP contribution < -0.4 is 0 Å². The summed E-state index contributed by atoms with van der Waals surface area (Å²) < 4.78 is 67.9. The van der Waals surface area contributed by atoms with Crippen LogP contribution in [0.5, 0.6) is 0 Å². The van der Waals surface area contributed by atoms with Gasteiger partial charge in [0.25, 0.3) is 0 Å². The fourth-order valence-electron chi connectivity index (χ4n) is 9.85. The predicted molar refractivity (Wildman–Crippen MR) is 340 cm³/mol. The average molecular weight is 1260 g/mol.